The first kappa shape index (κ1) is 103. The third-order valence-electron chi connectivity index (χ3n) is 21.2. The van der Waals surface area contributed by atoms with Gasteiger partial charge in [-0.05, 0) is 115 Å². The van der Waals surface area contributed by atoms with Gasteiger partial charge in [0.05, 0.1) is 38.4 Å². The zero-order valence-corrected chi connectivity index (χ0v) is 87.1. The van der Waals surface area contributed by atoms with Gasteiger partial charge in [-0.25, -0.2) is 6.07 Å². The Morgan fingerprint density at radius 1 is 0.282 bits per heavy atom. The van der Waals surface area contributed by atoms with Crippen molar-refractivity contribution in [3.8, 4) is 17.1 Å². The molecule has 16 heteroatoms. The maximum Gasteiger partial charge on any atom is 1.00 e. The van der Waals surface area contributed by atoms with E-state index in [1.165, 1.54) is 124 Å². The van der Waals surface area contributed by atoms with Crippen molar-refractivity contribution in [2.75, 3.05) is 0 Å². The zero-order valence-electron chi connectivity index (χ0n) is 78.0. The second-order valence-electron chi connectivity index (χ2n) is 33.8. The number of rotatable bonds is 24. The second-order valence-corrected chi connectivity index (χ2v) is 64.5. The van der Waals surface area contributed by atoms with E-state index in [0.29, 0.717) is 0 Å². The molecule has 0 fully saturated rings. The SMILES string of the molecule is C[Si](C)(C)Cl.C[Si](C)(C)c1cccc(P(c2ccccc2)c2ccccc2)c1-n1c(P(c2ccccc2)c2ccccc2)ccc1[Si](C)(C)C.[CH2-]CCC.[Li+].[Li+].[Li+].[c-]1cccc(P(c2ccccc2)c2ccccc2)c1-n1[c-]ccc1P(c1ccccc1)c1ccccc1.c1ccc(P(c2ccccc2)c2ccccc2-n2cccc2P(c2ccccc2)c2ccccc2)cc1. The Kier molecular flexibility index (Phi) is 39.8. The summed E-state index contributed by atoms with van der Waals surface area (Å²) >= 11 is 5.67. The van der Waals surface area contributed by atoms with Crippen LogP contribution in [0.15, 0.2) is 467 Å². The summed E-state index contributed by atoms with van der Waals surface area (Å²) in [5, 5.41) is 23.4. The van der Waals surface area contributed by atoms with Gasteiger partial charge in [-0.2, -0.15) is 41.8 Å². The van der Waals surface area contributed by atoms with Gasteiger partial charge >= 0.3 is 56.6 Å². The maximum atomic E-state index is 5.67. The Balaban J connectivity index is 0.000000180. The van der Waals surface area contributed by atoms with E-state index in [1.54, 1.807) is 0 Å². The third-order valence-corrected chi connectivity index (χ3v) is 39.9. The Morgan fingerprint density at radius 3 is 0.908 bits per heavy atom. The van der Waals surface area contributed by atoms with Crippen LogP contribution in [0.3, 0.4) is 0 Å². The molecule has 3 nitrogen and oxygen atoms in total. The summed E-state index contributed by atoms with van der Waals surface area (Å²) in [6.45, 7) is 27.0. The van der Waals surface area contributed by atoms with E-state index in [4.69, 9.17) is 11.1 Å². The number of nitrogens with zero attached hydrogens (tertiary/aromatic N) is 3. The van der Waals surface area contributed by atoms with Crippen LogP contribution in [0.5, 0.6) is 0 Å². The molecule has 131 heavy (non-hydrogen) atoms. The van der Waals surface area contributed by atoms with Crippen LogP contribution in [0.1, 0.15) is 19.8 Å². The van der Waals surface area contributed by atoms with Gasteiger partial charge in [0.1, 0.15) is 7.38 Å². The summed E-state index contributed by atoms with van der Waals surface area (Å²) in [4.78, 5) is 0. The predicted molar refractivity (Wildman–Crippen MR) is 583 cm³/mol. The van der Waals surface area contributed by atoms with Crippen molar-refractivity contribution in [2.45, 2.75) is 78.7 Å². The molecule has 18 rings (SSSR count). The minimum atomic E-state index is -1.80. The largest absolute Gasteiger partial charge is 1.00 e. The first-order valence-corrected chi connectivity index (χ1v) is 63.6. The van der Waals surface area contributed by atoms with E-state index < -0.39 is 71.1 Å². The van der Waals surface area contributed by atoms with E-state index in [0.717, 1.165) is 12.1 Å². The van der Waals surface area contributed by atoms with Gasteiger partial charge in [-0.3, -0.25) is 0 Å². The fourth-order valence-corrected chi connectivity index (χ4v) is 33.2. The van der Waals surface area contributed by atoms with Crippen LogP contribution in [0, 0.1) is 19.2 Å². The topological polar surface area (TPSA) is 14.8 Å². The Hall–Kier alpha value is -8.55. The van der Waals surface area contributed by atoms with Gasteiger partial charge in [0, 0.05) is 38.0 Å². The molecule has 0 radical (unpaired) electrons. The van der Waals surface area contributed by atoms with Gasteiger partial charge in [0.2, 0.25) is 0 Å². The van der Waals surface area contributed by atoms with Crippen molar-refractivity contribution >= 4 is 189 Å². The van der Waals surface area contributed by atoms with Crippen LogP contribution in [-0.4, -0.2) is 37.2 Å². The minimum absolute atomic E-state index is 0. The van der Waals surface area contributed by atoms with E-state index in [1.807, 2.05) is 6.07 Å². The molecule has 0 spiro atoms. The molecule has 0 N–H and O–H groups in total. The maximum absolute atomic E-state index is 5.67. The molecule has 0 aliphatic heterocycles. The van der Waals surface area contributed by atoms with Crippen LogP contribution in [0.4, 0.5) is 0 Å². The standard InChI is InChI=1S/C40H43NP2Si2.C34H27NP2.C34H25NP2.C4H9.C3H9ClSi.3Li/c1-44(2,3)37-29-19-28-36(42(32-20-11-7-12-21-32)33-22-13-8-14-23-33)40(37)41-38(30-31-39(41)45(4,5)6)43(34-24-15-9-16-25-34)35-26-17-10-18-27-35;2*1-5-16-28(17-6-1)36(29-18-7-2-8-19-29)33-25-14-13-24-32(33)35-27-15-26-34(35)37(30-20-9-3-10-21-30)31-22-11-4-12-23-31;1-3-4-2;1-5(2,3)4;;;/h7-31H,1-6H3;1-27H;1-23,25-26H;1,3-4H2,2H3;1-3H3;;;/q;;-2;-1;;3*+1. The van der Waals surface area contributed by atoms with Gasteiger partial charge in [-0.15, -0.1) is 17.1 Å². The van der Waals surface area contributed by atoms with Crippen molar-refractivity contribution in [3.05, 3.63) is 486 Å². The molecule has 18 aromatic rings. The number of unbranched alkanes of at least 4 members (excludes halogenated alkanes) is 1. The molecule has 0 aliphatic carbocycles. The summed E-state index contributed by atoms with van der Waals surface area (Å²) in [7, 11) is -9.32. The average Bonchev–Trinajstić information content (AvgIpc) is 1.62. The zero-order chi connectivity index (χ0) is 89.3. The van der Waals surface area contributed by atoms with Crippen LogP contribution >= 0.6 is 58.6 Å². The number of benzene rings is 15. The van der Waals surface area contributed by atoms with Crippen LogP contribution in [0.25, 0.3) is 17.1 Å². The van der Waals surface area contributed by atoms with E-state index in [9.17, 15) is 0 Å². The van der Waals surface area contributed by atoms with Crippen molar-refractivity contribution in [2.24, 2.45) is 0 Å². The van der Waals surface area contributed by atoms with Crippen LogP contribution in [0.2, 0.25) is 58.9 Å². The third kappa shape index (κ3) is 27.0. The number of halogens is 1. The minimum Gasteiger partial charge on any atom is -0.464 e. The Morgan fingerprint density at radius 2 is 0.573 bits per heavy atom. The van der Waals surface area contributed by atoms with Crippen molar-refractivity contribution in [1.82, 2.24) is 13.7 Å². The fourth-order valence-electron chi connectivity index (χ4n) is 15.5. The molecule has 640 valence electrons. The van der Waals surface area contributed by atoms with Gasteiger partial charge < -0.3 is 20.6 Å². The number of hydrogen-bond donors (Lipinski definition) is 0. The number of hydrogen-bond acceptors (Lipinski definition) is 0. The molecule has 0 atom stereocenters. The van der Waals surface area contributed by atoms with E-state index in [2.05, 4.69) is 560 Å². The second kappa shape index (κ2) is 50.7. The van der Waals surface area contributed by atoms with Crippen molar-refractivity contribution < 1.29 is 56.6 Å². The molecule has 15 aromatic carbocycles. The summed E-state index contributed by atoms with van der Waals surface area (Å²) in [5.74, 6) is 0. The molecule has 3 heterocycles. The molecular weight excluding hydrogens is 1750 g/mol. The van der Waals surface area contributed by atoms with Gasteiger partial charge in [-0.1, -0.05) is 500 Å². The van der Waals surface area contributed by atoms with Crippen LogP contribution in [-0.2, 0) is 0 Å². The number of para-hydroxylation sites is 3. The fraction of sp³-hybridized carbons (Fsp3) is 0.104. The van der Waals surface area contributed by atoms with Crippen molar-refractivity contribution in [3.63, 3.8) is 0 Å². The molecular formula is C115H113ClLi3N3P6Si3. The molecule has 0 saturated carbocycles. The Bertz CT molecular complexity index is 5900. The van der Waals surface area contributed by atoms with E-state index in [-0.39, 0.29) is 56.6 Å². The number of aromatic nitrogens is 3. The summed E-state index contributed by atoms with van der Waals surface area (Å²) < 4.78 is 7.46. The molecule has 0 aliphatic rings. The Labute approximate surface area is 832 Å². The van der Waals surface area contributed by atoms with Gasteiger partial charge in [0.25, 0.3) is 0 Å². The monoisotopic (exact) mass is 1860 g/mol. The smallest absolute Gasteiger partial charge is 0.464 e. The quantitative estimate of drug-likeness (QED) is 0.0248. The van der Waals surface area contributed by atoms with Gasteiger partial charge in [0.15, 0.2) is 0 Å². The summed E-state index contributed by atoms with van der Waals surface area (Å²) in [5.41, 5.74) is 7.75. The average molecular weight is 1860 g/mol. The molecule has 3 aromatic heterocycles. The first-order chi connectivity index (χ1) is 62.4. The predicted octanol–water partition coefficient (Wildman–Crippen LogP) is 13.4. The molecule has 0 bridgehead atoms. The summed E-state index contributed by atoms with van der Waals surface area (Å²) in [6, 6.07) is 172. The molecule has 0 saturated heterocycles. The molecule has 0 unspecified atom stereocenters. The van der Waals surface area contributed by atoms with Crippen molar-refractivity contribution in [1.29, 1.82) is 0 Å². The molecule has 0 amide bonds. The first-order valence-electron chi connectivity index (χ1n) is 44.0. The normalized spacial score (nSPS) is 11.2. The van der Waals surface area contributed by atoms with Crippen LogP contribution < -0.4 is 163 Å². The van der Waals surface area contributed by atoms with E-state index >= 15 is 0 Å². The summed E-state index contributed by atoms with van der Waals surface area (Å²) in [6.07, 6.45) is 8.07.